The lowest BCUT2D eigenvalue weighted by atomic mass is 10.0. The van der Waals surface area contributed by atoms with Crippen molar-refractivity contribution in [2.24, 2.45) is 0 Å². The molecule has 2 N–H and O–H groups in total. The van der Waals surface area contributed by atoms with Gasteiger partial charge in [-0.15, -0.1) is 0 Å². The number of hydroxylamine groups is 1. The lowest BCUT2D eigenvalue weighted by molar-refractivity contribution is -0.111. The van der Waals surface area contributed by atoms with E-state index in [4.69, 9.17) is 32.8 Å². The van der Waals surface area contributed by atoms with Crippen LogP contribution >= 0.6 is 23.2 Å². The SMILES string of the molecule is C=CC(=O)Nc1cc(Nc2cc(N3OCC[C@@H]3c3cccc(Cl)c3Cl)ncn2)c(OC)cc1N1CCC(N(C)CCN(C)C)CC1. The molecule has 2 saturated heterocycles. The molecule has 5 rings (SSSR count). The molecule has 0 saturated carbocycles. The summed E-state index contributed by atoms with van der Waals surface area (Å²) in [5, 5.41) is 9.08. The van der Waals surface area contributed by atoms with Crippen LogP contribution in [0.5, 0.6) is 5.75 Å². The van der Waals surface area contributed by atoms with Crippen LogP contribution in [0.3, 0.4) is 0 Å². The van der Waals surface area contributed by atoms with E-state index in [-0.39, 0.29) is 11.9 Å². The van der Waals surface area contributed by atoms with Crippen LogP contribution in [0.2, 0.25) is 10.0 Å². The van der Waals surface area contributed by atoms with Gasteiger partial charge in [0.25, 0.3) is 0 Å². The quantitative estimate of drug-likeness (QED) is 0.224. The van der Waals surface area contributed by atoms with Crippen LogP contribution in [0.4, 0.5) is 28.7 Å². The number of nitrogens with zero attached hydrogens (tertiary/aromatic N) is 6. The number of rotatable bonds is 12. The van der Waals surface area contributed by atoms with Crippen molar-refractivity contribution in [1.29, 1.82) is 0 Å². The van der Waals surface area contributed by atoms with Crippen LogP contribution in [-0.2, 0) is 9.63 Å². The van der Waals surface area contributed by atoms with Crippen LogP contribution in [0.25, 0.3) is 0 Å². The number of hydrogen-bond acceptors (Lipinski definition) is 10. The van der Waals surface area contributed by atoms with Crippen molar-refractivity contribution in [3.05, 3.63) is 71.0 Å². The first-order valence-electron chi connectivity index (χ1n) is 15.4. The number of carbonyl (C=O) groups excluding carboxylic acids is 1. The van der Waals surface area contributed by atoms with Gasteiger partial charge in [-0.1, -0.05) is 41.9 Å². The van der Waals surface area contributed by atoms with Gasteiger partial charge in [0.2, 0.25) is 5.91 Å². The summed E-state index contributed by atoms with van der Waals surface area (Å²) in [5.74, 6) is 1.39. The molecule has 1 amide bonds. The molecule has 246 valence electrons. The molecular weight excluding hydrogens is 627 g/mol. The molecule has 0 radical (unpaired) electrons. The van der Waals surface area contributed by atoms with Gasteiger partial charge < -0.3 is 30.1 Å². The van der Waals surface area contributed by atoms with Gasteiger partial charge in [-0.2, -0.15) is 0 Å². The Bertz CT molecular complexity index is 1530. The monoisotopic (exact) mass is 668 g/mol. The van der Waals surface area contributed by atoms with E-state index in [9.17, 15) is 4.79 Å². The summed E-state index contributed by atoms with van der Waals surface area (Å²) in [6.07, 6.45) is 5.49. The number of nitrogens with one attached hydrogen (secondary N) is 2. The molecule has 13 heteroatoms. The Morgan fingerprint density at radius 2 is 1.89 bits per heavy atom. The maximum absolute atomic E-state index is 12.5. The number of methoxy groups -OCH3 is 1. The number of amides is 1. The lowest BCUT2D eigenvalue weighted by Crippen LogP contribution is -2.45. The molecule has 2 fully saturated rings. The summed E-state index contributed by atoms with van der Waals surface area (Å²) in [7, 11) is 8.02. The summed E-state index contributed by atoms with van der Waals surface area (Å²) in [5.41, 5.74) is 3.04. The minimum absolute atomic E-state index is 0.166. The predicted octanol–water partition coefficient (Wildman–Crippen LogP) is 6.01. The second-order valence-corrected chi connectivity index (χ2v) is 12.5. The minimum Gasteiger partial charge on any atom is -0.494 e. The van der Waals surface area contributed by atoms with E-state index in [1.165, 1.54) is 12.4 Å². The maximum Gasteiger partial charge on any atom is 0.247 e. The van der Waals surface area contributed by atoms with Crippen molar-refractivity contribution >= 4 is 57.8 Å². The molecular formula is C33H42Cl2N8O3. The highest BCUT2D eigenvalue weighted by molar-refractivity contribution is 6.42. The smallest absolute Gasteiger partial charge is 0.247 e. The first-order valence-corrected chi connectivity index (χ1v) is 16.1. The molecule has 11 nitrogen and oxygen atoms in total. The van der Waals surface area contributed by atoms with Crippen LogP contribution in [0.1, 0.15) is 30.9 Å². The predicted molar refractivity (Wildman–Crippen MR) is 186 cm³/mol. The van der Waals surface area contributed by atoms with Gasteiger partial charge >= 0.3 is 0 Å². The normalized spacial score (nSPS) is 17.1. The highest BCUT2D eigenvalue weighted by Gasteiger charge is 2.31. The number of ether oxygens (including phenoxy) is 1. The number of hydrogen-bond donors (Lipinski definition) is 2. The van der Waals surface area contributed by atoms with E-state index in [1.807, 2.05) is 24.3 Å². The van der Waals surface area contributed by atoms with Crippen molar-refractivity contribution in [1.82, 2.24) is 19.8 Å². The van der Waals surface area contributed by atoms with E-state index in [2.05, 4.69) is 63.0 Å². The molecule has 0 unspecified atom stereocenters. The van der Waals surface area contributed by atoms with Crippen molar-refractivity contribution in [2.75, 3.05) is 81.6 Å². The van der Waals surface area contributed by atoms with Crippen LogP contribution in [0.15, 0.2) is 55.4 Å². The zero-order valence-electron chi connectivity index (χ0n) is 26.8. The molecule has 0 aliphatic carbocycles. The first-order chi connectivity index (χ1) is 22.2. The molecule has 2 aromatic carbocycles. The topological polar surface area (TPSA) is 98.3 Å². The first kappa shape index (κ1) is 33.7. The average molecular weight is 670 g/mol. The molecule has 1 aromatic heterocycles. The number of likely N-dealkylation sites (N-methyl/N-ethyl adjacent to an activating group) is 2. The van der Waals surface area contributed by atoms with Gasteiger partial charge in [0.15, 0.2) is 5.82 Å². The molecule has 0 bridgehead atoms. The Morgan fingerprint density at radius 3 is 2.61 bits per heavy atom. The second-order valence-electron chi connectivity index (χ2n) is 11.8. The number of carbonyl (C=O) groups is 1. The average Bonchev–Trinajstić information content (AvgIpc) is 3.55. The molecule has 3 heterocycles. The van der Waals surface area contributed by atoms with Crippen LogP contribution in [-0.4, -0.2) is 92.8 Å². The Hall–Kier alpha value is -3.61. The summed E-state index contributed by atoms with van der Waals surface area (Å²) in [4.78, 5) is 34.4. The molecule has 46 heavy (non-hydrogen) atoms. The van der Waals surface area contributed by atoms with Gasteiger partial charge in [-0.05, 0) is 57.8 Å². The van der Waals surface area contributed by atoms with E-state index < -0.39 is 0 Å². The van der Waals surface area contributed by atoms with Crippen molar-refractivity contribution in [3.63, 3.8) is 0 Å². The fourth-order valence-corrected chi connectivity index (χ4v) is 6.33. The van der Waals surface area contributed by atoms with E-state index in [0.29, 0.717) is 51.5 Å². The summed E-state index contributed by atoms with van der Waals surface area (Å²) < 4.78 is 5.84. The third kappa shape index (κ3) is 7.84. The minimum atomic E-state index is -0.295. The number of aromatic nitrogens is 2. The van der Waals surface area contributed by atoms with E-state index in [1.54, 1.807) is 24.3 Å². The van der Waals surface area contributed by atoms with Crippen LogP contribution < -0.4 is 25.3 Å². The Morgan fingerprint density at radius 1 is 1.11 bits per heavy atom. The third-order valence-corrected chi connectivity index (χ3v) is 9.31. The van der Waals surface area contributed by atoms with Gasteiger partial charge in [0, 0.05) is 50.8 Å². The number of halogens is 2. The Kier molecular flexibility index (Phi) is 11.2. The number of piperidine rings is 1. The lowest BCUT2D eigenvalue weighted by Gasteiger charge is -2.39. The standard InChI is InChI=1S/C33H42Cl2N8O3/c1-6-32(44)39-25-18-26(29(45-5)19-28(25)42-13-10-22(11-14-42)41(4)16-15-40(2)3)38-30-20-31(37-21-36-30)43-27(12-17-46-43)23-8-7-9-24(34)33(23)35/h6-9,18-22,27H,1,10-17H2,2-5H3,(H,39,44)(H,36,37,38)/t27-/m1/s1. The van der Waals surface area contributed by atoms with Crippen molar-refractivity contribution in [3.8, 4) is 5.75 Å². The summed E-state index contributed by atoms with van der Waals surface area (Å²) in [6, 6.07) is 11.5. The number of anilines is 5. The van der Waals surface area contributed by atoms with E-state index >= 15 is 0 Å². The zero-order chi connectivity index (χ0) is 32.8. The fourth-order valence-electron chi connectivity index (χ4n) is 5.90. The highest BCUT2D eigenvalue weighted by atomic mass is 35.5. The van der Waals surface area contributed by atoms with Crippen molar-refractivity contribution in [2.45, 2.75) is 31.3 Å². The van der Waals surface area contributed by atoms with Gasteiger partial charge in [0.1, 0.15) is 17.9 Å². The zero-order valence-corrected chi connectivity index (χ0v) is 28.3. The van der Waals surface area contributed by atoms with Gasteiger partial charge in [-0.3, -0.25) is 9.63 Å². The third-order valence-electron chi connectivity index (χ3n) is 8.48. The maximum atomic E-state index is 12.5. The second kappa shape index (κ2) is 15.3. The van der Waals surface area contributed by atoms with Crippen molar-refractivity contribution < 1.29 is 14.4 Å². The largest absolute Gasteiger partial charge is 0.494 e. The summed E-state index contributed by atoms with van der Waals surface area (Å²) in [6.45, 7) is 7.90. The van der Waals surface area contributed by atoms with Crippen LogP contribution in [0, 0.1) is 0 Å². The molecule has 3 aromatic rings. The molecule has 2 aliphatic rings. The molecule has 0 spiro atoms. The van der Waals surface area contributed by atoms with Gasteiger partial charge in [-0.25, -0.2) is 15.0 Å². The molecule has 1 atom stereocenters. The fraction of sp³-hybridized carbons (Fsp3) is 0.424. The van der Waals surface area contributed by atoms with E-state index in [0.717, 1.165) is 56.7 Å². The van der Waals surface area contributed by atoms with Gasteiger partial charge in [0.05, 0.1) is 46.9 Å². The number of benzene rings is 2. The highest BCUT2D eigenvalue weighted by Crippen LogP contribution is 2.42. The Labute approximate surface area is 281 Å². The molecule has 2 aliphatic heterocycles. The summed E-state index contributed by atoms with van der Waals surface area (Å²) >= 11 is 12.9. The Balaban J connectivity index is 1.38.